The van der Waals surface area contributed by atoms with E-state index in [1.807, 2.05) is 0 Å². The lowest BCUT2D eigenvalue weighted by atomic mass is 10.3. The molecule has 0 aliphatic rings. The first kappa shape index (κ1) is 7.43. The summed E-state index contributed by atoms with van der Waals surface area (Å²) in [6.07, 6.45) is 0.0826. The molecule has 0 fully saturated rings. The summed E-state index contributed by atoms with van der Waals surface area (Å²) in [6.45, 7) is 0. The molecule has 0 heterocycles. The van der Waals surface area contributed by atoms with Crippen molar-refractivity contribution in [3.63, 3.8) is 0 Å². The average molecular weight is 136 g/mol. The van der Waals surface area contributed by atoms with Crippen LogP contribution in [0.3, 0.4) is 0 Å². The van der Waals surface area contributed by atoms with Crippen molar-refractivity contribution in [2.75, 3.05) is 0 Å². The lowest BCUT2D eigenvalue weighted by molar-refractivity contribution is -0.120. The quantitative estimate of drug-likeness (QED) is 0.555. The van der Waals surface area contributed by atoms with Gasteiger partial charge in [0.05, 0.1) is 0 Å². The van der Waals surface area contributed by atoms with E-state index in [0.717, 1.165) is 0 Å². The second-order valence-corrected chi connectivity index (χ2v) is 1.74. The fraction of sp³-hybridized carbons (Fsp3) is 0.500. The predicted molar refractivity (Wildman–Crippen MR) is 29.3 cm³/mol. The van der Waals surface area contributed by atoms with Gasteiger partial charge in [0.1, 0.15) is 0 Å². The van der Waals surface area contributed by atoms with E-state index in [0.29, 0.717) is 0 Å². The van der Waals surface area contributed by atoms with Crippen molar-refractivity contribution in [3.05, 3.63) is 0 Å². The van der Waals surface area contributed by atoms with Crippen LogP contribution < -0.4 is 5.73 Å². The van der Waals surface area contributed by atoms with Crippen LogP contribution in [0.2, 0.25) is 0 Å². The number of carbonyl (C=O) groups is 2. The summed E-state index contributed by atoms with van der Waals surface area (Å²) >= 11 is 4.88. The summed E-state index contributed by atoms with van der Waals surface area (Å²) in [5.74, 6) is -0.501. The molecule has 0 saturated carbocycles. The van der Waals surface area contributed by atoms with E-state index >= 15 is 0 Å². The highest BCUT2D eigenvalue weighted by Gasteiger charge is 1.97. The fourth-order valence-corrected chi connectivity index (χ4v) is 0.316. The van der Waals surface area contributed by atoms with E-state index in [4.69, 9.17) is 17.3 Å². The van der Waals surface area contributed by atoms with Gasteiger partial charge in [-0.15, -0.1) is 0 Å². The van der Waals surface area contributed by atoms with Crippen molar-refractivity contribution in [1.82, 2.24) is 0 Å². The standard InChI is InChI=1S/C4H6ClNO2/c5-3(7)1-2-4(6)8/h1-2H2,(H2,6,8). The Labute approximate surface area is 51.8 Å². The number of carbonyl (C=O) groups excluding carboxylic acids is 2. The number of primary amides is 1. The van der Waals surface area contributed by atoms with Gasteiger partial charge in [-0.3, -0.25) is 9.59 Å². The molecule has 0 spiro atoms. The molecule has 0 aliphatic carbocycles. The molecule has 1 amide bonds. The van der Waals surface area contributed by atoms with Crippen LogP contribution in [-0.4, -0.2) is 11.1 Å². The van der Waals surface area contributed by atoms with Gasteiger partial charge in [-0.1, -0.05) is 0 Å². The molecule has 0 aromatic heterocycles. The smallest absolute Gasteiger partial charge is 0.222 e. The molecule has 46 valence electrons. The average Bonchev–Trinajstić information content (AvgIpc) is 1.61. The highest BCUT2D eigenvalue weighted by molar-refractivity contribution is 6.63. The molecule has 8 heavy (non-hydrogen) atoms. The Kier molecular flexibility index (Phi) is 3.19. The van der Waals surface area contributed by atoms with Crippen LogP contribution in [0.1, 0.15) is 12.8 Å². The van der Waals surface area contributed by atoms with E-state index in [1.165, 1.54) is 0 Å². The van der Waals surface area contributed by atoms with E-state index in [2.05, 4.69) is 0 Å². The molecule has 0 aromatic rings. The van der Waals surface area contributed by atoms with E-state index in [1.54, 1.807) is 0 Å². The summed E-state index contributed by atoms with van der Waals surface area (Å²) in [5.41, 5.74) is 4.69. The number of hydrogen-bond donors (Lipinski definition) is 1. The first-order valence-electron chi connectivity index (χ1n) is 2.09. The Bertz CT molecular complexity index is 98.6. The van der Waals surface area contributed by atoms with Gasteiger partial charge in [0.2, 0.25) is 11.1 Å². The van der Waals surface area contributed by atoms with Crippen LogP contribution in [0.5, 0.6) is 0 Å². The first-order chi connectivity index (χ1) is 3.63. The summed E-state index contributed by atoms with van der Waals surface area (Å²) in [5, 5.41) is -0.524. The van der Waals surface area contributed by atoms with Gasteiger partial charge in [-0.2, -0.15) is 0 Å². The van der Waals surface area contributed by atoms with Crippen LogP contribution in [0.25, 0.3) is 0 Å². The molecular weight excluding hydrogens is 130 g/mol. The number of amides is 1. The Hall–Kier alpha value is -0.570. The SMILES string of the molecule is NC(=O)CCC(=O)Cl. The maximum absolute atomic E-state index is 9.92. The molecule has 0 unspecified atom stereocenters. The molecule has 0 atom stereocenters. The lowest BCUT2D eigenvalue weighted by Gasteiger charge is -1.85. The van der Waals surface area contributed by atoms with Gasteiger partial charge in [0.25, 0.3) is 0 Å². The molecular formula is C4H6ClNO2. The van der Waals surface area contributed by atoms with Crippen molar-refractivity contribution in [3.8, 4) is 0 Å². The Morgan fingerprint density at radius 2 is 1.88 bits per heavy atom. The zero-order valence-electron chi connectivity index (χ0n) is 4.19. The minimum atomic E-state index is -0.524. The Balaban J connectivity index is 3.18. The molecule has 0 bridgehead atoms. The number of halogens is 1. The van der Waals surface area contributed by atoms with Crippen LogP contribution in [0.15, 0.2) is 0 Å². The maximum atomic E-state index is 9.92. The third-order valence-corrected chi connectivity index (χ3v) is 0.757. The molecule has 0 saturated heterocycles. The third kappa shape index (κ3) is 5.43. The van der Waals surface area contributed by atoms with Crippen molar-refractivity contribution >= 4 is 22.8 Å². The summed E-state index contributed by atoms with van der Waals surface area (Å²) in [6, 6.07) is 0. The van der Waals surface area contributed by atoms with Crippen molar-refractivity contribution in [2.45, 2.75) is 12.8 Å². The van der Waals surface area contributed by atoms with Gasteiger partial charge >= 0.3 is 0 Å². The van der Waals surface area contributed by atoms with E-state index in [9.17, 15) is 9.59 Å². The topological polar surface area (TPSA) is 60.2 Å². The molecule has 4 heteroatoms. The van der Waals surface area contributed by atoms with Gasteiger partial charge in [0, 0.05) is 12.8 Å². The second kappa shape index (κ2) is 3.43. The molecule has 0 radical (unpaired) electrons. The van der Waals surface area contributed by atoms with Crippen LogP contribution in [0, 0.1) is 0 Å². The lowest BCUT2D eigenvalue weighted by Crippen LogP contribution is -2.10. The van der Waals surface area contributed by atoms with Crippen LogP contribution >= 0.6 is 11.6 Å². The number of hydrogen-bond acceptors (Lipinski definition) is 2. The normalized spacial score (nSPS) is 8.62. The van der Waals surface area contributed by atoms with Crippen molar-refractivity contribution < 1.29 is 9.59 Å². The predicted octanol–water partition coefficient (Wildman–Crippen LogP) is 0.0173. The highest BCUT2D eigenvalue weighted by atomic mass is 35.5. The van der Waals surface area contributed by atoms with Gasteiger partial charge in [0.15, 0.2) is 0 Å². The van der Waals surface area contributed by atoms with Crippen molar-refractivity contribution in [2.24, 2.45) is 5.73 Å². The first-order valence-corrected chi connectivity index (χ1v) is 2.47. The number of rotatable bonds is 3. The van der Waals surface area contributed by atoms with Gasteiger partial charge < -0.3 is 5.73 Å². The van der Waals surface area contributed by atoms with Gasteiger partial charge in [-0.05, 0) is 11.6 Å². The minimum Gasteiger partial charge on any atom is -0.370 e. The minimum absolute atomic E-state index is 0.0386. The van der Waals surface area contributed by atoms with Crippen molar-refractivity contribution in [1.29, 1.82) is 0 Å². The second-order valence-electron chi connectivity index (χ2n) is 1.32. The summed E-state index contributed by atoms with van der Waals surface area (Å²) in [7, 11) is 0. The van der Waals surface area contributed by atoms with Crippen LogP contribution in [-0.2, 0) is 9.59 Å². The highest BCUT2D eigenvalue weighted by Crippen LogP contribution is 1.91. The van der Waals surface area contributed by atoms with Crippen LogP contribution in [0.4, 0.5) is 0 Å². The monoisotopic (exact) mass is 135 g/mol. The Morgan fingerprint density at radius 3 is 2.00 bits per heavy atom. The third-order valence-electron chi connectivity index (χ3n) is 0.568. The largest absolute Gasteiger partial charge is 0.370 e. The molecule has 2 N–H and O–H groups in total. The van der Waals surface area contributed by atoms with E-state index < -0.39 is 11.1 Å². The maximum Gasteiger partial charge on any atom is 0.222 e. The molecule has 0 aromatic carbocycles. The molecule has 3 nitrogen and oxygen atoms in total. The zero-order chi connectivity index (χ0) is 6.57. The fourth-order valence-electron chi connectivity index (χ4n) is 0.221. The zero-order valence-corrected chi connectivity index (χ0v) is 4.94. The number of nitrogens with two attached hydrogens (primary N) is 1. The molecule has 0 rings (SSSR count). The summed E-state index contributed by atoms with van der Waals surface area (Å²) in [4.78, 5) is 19.8. The van der Waals surface area contributed by atoms with Gasteiger partial charge in [-0.25, -0.2) is 0 Å². The summed E-state index contributed by atoms with van der Waals surface area (Å²) < 4.78 is 0. The Morgan fingerprint density at radius 1 is 1.38 bits per heavy atom. The van der Waals surface area contributed by atoms with E-state index in [-0.39, 0.29) is 12.8 Å². The molecule has 0 aliphatic heterocycles.